The van der Waals surface area contributed by atoms with Gasteiger partial charge in [0.25, 0.3) is 0 Å². The summed E-state index contributed by atoms with van der Waals surface area (Å²) in [5.74, 6) is 1.28. The summed E-state index contributed by atoms with van der Waals surface area (Å²) in [5, 5.41) is 9.71. The summed E-state index contributed by atoms with van der Waals surface area (Å²) < 4.78 is 19.0. The molecule has 1 N–H and O–H groups in total. The number of hydrogen-bond donors (Lipinski definition) is 1. The van der Waals surface area contributed by atoms with Gasteiger partial charge in [-0.1, -0.05) is 26.0 Å². The van der Waals surface area contributed by atoms with Crippen LogP contribution >= 0.6 is 0 Å². The average molecular weight is 288 g/mol. The monoisotopic (exact) mass is 288 g/mol. The Bertz CT molecular complexity index is 591. The molecule has 0 heterocycles. The Balaban J connectivity index is 2.22. The van der Waals surface area contributed by atoms with Crippen molar-refractivity contribution >= 4 is 0 Å². The predicted octanol–water partition coefficient (Wildman–Crippen LogP) is 5.18. The molecule has 0 amide bonds. The predicted molar refractivity (Wildman–Crippen MR) is 82.3 cm³/mol. The number of rotatable bonds is 5. The molecular weight excluding hydrogens is 267 g/mol. The zero-order chi connectivity index (χ0) is 15.4. The van der Waals surface area contributed by atoms with Gasteiger partial charge in [0.05, 0.1) is 6.10 Å². The smallest absolute Gasteiger partial charge is 0.133 e. The van der Waals surface area contributed by atoms with E-state index in [4.69, 9.17) is 4.74 Å². The molecule has 0 spiro atoms. The van der Waals surface area contributed by atoms with Crippen molar-refractivity contribution in [1.29, 1.82) is 0 Å². The van der Waals surface area contributed by atoms with Crippen molar-refractivity contribution in [2.24, 2.45) is 0 Å². The van der Waals surface area contributed by atoms with E-state index >= 15 is 0 Å². The van der Waals surface area contributed by atoms with Crippen molar-refractivity contribution in [2.45, 2.75) is 39.2 Å². The maximum Gasteiger partial charge on any atom is 0.133 e. The average Bonchev–Trinajstić information content (AvgIpc) is 2.49. The van der Waals surface area contributed by atoms with E-state index in [2.05, 4.69) is 13.8 Å². The Morgan fingerprint density at radius 2 is 1.76 bits per heavy atom. The van der Waals surface area contributed by atoms with Crippen molar-refractivity contribution in [3.63, 3.8) is 0 Å². The topological polar surface area (TPSA) is 29.5 Å². The van der Waals surface area contributed by atoms with Crippen molar-refractivity contribution < 1.29 is 14.2 Å². The van der Waals surface area contributed by atoms with Gasteiger partial charge in [0, 0.05) is 5.56 Å². The maximum absolute atomic E-state index is 13.3. The van der Waals surface area contributed by atoms with Gasteiger partial charge in [-0.05, 0) is 55.2 Å². The summed E-state index contributed by atoms with van der Waals surface area (Å²) in [7, 11) is 0. The SMILES string of the molecule is CCC(C)c1ccc(Oc2ccc(F)cc2[C@H](C)O)cc1. The van der Waals surface area contributed by atoms with Gasteiger partial charge in [-0.25, -0.2) is 4.39 Å². The van der Waals surface area contributed by atoms with Crippen LogP contribution in [-0.4, -0.2) is 5.11 Å². The fourth-order valence-corrected chi connectivity index (χ4v) is 2.17. The third kappa shape index (κ3) is 3.82. The first-order valence-corrected chi connectivity index (χ1v) is 7.26. The fraction of sp³-hybridized carbons (Fsp3) is 0.333. The van der Waals surface area contributed by atoms with Gasteiger partial charge in [-0.15, -0.1) is 0 Å². The molecule has 0 aliphatic carbocycles. The molecule has 2 nitrogen and oxygen atoms in total. The lowest BCUT2D eigenvalue weighted by molar-refractivity contribution is 0.195. The zero-order valence-corrected chi connectivity index (χ0v) is 12.6. The molecule has 1 unspecified atom stereocenters. The molecule has 0 aromatic heterocycles. The van der Waals surface area contributed by atoms with Gasteiger partial charge in [0.15, 0.2) is 0 Å². The minimum Gasteiger partial charge on any atom is -0.457 e. The van der Waals surface area contributed by atoms with E-state index in [1.165, 1.54) is 17.7 Å². The summed E-state index contributed by atoms with van der Waals surface area (Å²) in [4.78, 5) is 0. The van der Waals surface area contributed by atoms with Crippen molar-refractivity contribution in [3.05, 3.63) is 59.4 Å². The van der Waals surface area contributed by atoms with Crippen LogP contribution in [0.5, 0.6) is 11.5 Å². The minimum absolute atomic E-state index is 0.384. The van der Waals surface area contributed by atoms with Gasteiger partial charge in [0.2, 0.25) is 0 Å². The number of benzene rings is 2. The van der Waals surface area contributed by atoms with Gasteiger partial charge in [-0.3, -0.25) is 0 Å². The molecule has 3 heteroatoms. The van der Waals surface area contributed by atoms with E-state index in [1.54, 1.807) is 13.0 Å². The second-order valence-corrected chi connectivity index (χ2v) is 5.34. The van der Waals surface area contributed by atoms with Crippen LogP contribution in [-0.2, 0) is 0 Å². The second-order valence-electron chi connectivity index (χ2n) is 5.34. The molecule has 0 aliphatic rings. The Labute approximate surface area is 125 Å². The van der Waals surface area contributed by atoms with Crippen molar-refractivity contribution in [2.75, 3.05) is 0 Å². The lowest BCUT2D eigenvalue weighted by atomic mass is 9.99. The van der Waals surface area contributed by atoms with Crippen molar-refractivity contribution in [1.82, 2.24) is 0 Å². The van der Waals surface area contributed by atoms with Crippen LogP contribution in [0.3, 0.4) is 0 Å². The highest BCUT2D eigenvalue weighted by Crippen LogP contribution is 2.31. The Kier molecular flexibility index (Phi) is 4.97. The zero-order valence-electron chi connectivity index (χ0n) is 12.6. The quantitative estimate of drug-likeness (QED) is 0.821. The number of aliphatic hydroxyl groups is 1. The number of ether oxygens (including phenoxy) is 1. The molecular formula is C18H21FO2. The highest BCUT2D eigenvalue weighted by molar-refractivity contribution is 5.40. The van der Waals surface area contributed by atoms with E-state index in [-0.39, 0.29) is 5.82 Å². The Morgan fingerprint density at radius 1 is 1.10 bits per heavy atom. The van der Waals surface area contributed by atoms with E-state index < -0.39 is 6.10 Å². The lowest BCUT2D eigenvalue weighted by Gasteiger charge is -2.14. The molecule has 0 saturated heterocycles. The molecule has 0 bridgehead atoms. The highest BCUT2D eigenvalue weighted by atomic mass is 19.1. The molecule has 0 fully saturated rings. The first kappa shape index (κ1) is 15.5. The van der Waals surface area contributed by atoms with E-state index in [1.807, 2.05) is 24.3 Å². The first-order chi connectivity index (χ1) is 10.0. The molecule has 2 aromatic rings. The Morgan fingerprint density at radius 3 is 2.33 bits per heavy atom. The molecule has 21 heavy (non-hydrogen) atoms. The van der Waals surface area contributed by atoms with E-state index in [9.17, 15) is 9.50 Å². The van der Waals surface area contributed by atoms with Gasteiger partial charge >= 0.3 is 0 Å². The molecule has 112 valence electrons. The van der Waals surface area contributed by atoms with Gasteiger partial charge in [0.1, 0.15) is 17.3 Å². The standard InChI is InChI=1S/C18H21FO2/c1-4-12(2)14-5-8-16(9-6-14)21-18-10-7-15(19)11-17(18)13(3)20/h5-13,20H,4H2,1-3H3/t12?,13-/m0/s1. The minimum atomic E-state index is -0.782. The van der Waals surface area contributed by atoms with Crippen LogP contribution in [0.15, 0.2) is 42.5 Å². The van der Waals surface area contributed by atoms with Crippen molar-refractivity contribution in [3.8, 4) is 11.5 Å². The molecule has 2 rings (SSSR count). The van der Waals surface area contributed by atoms with Crippen LogP contribution in [0.2, 0.25) is 0 Å². The van der Waals surface area contributed by atoms with E-state index in [0.29, 0.717) is 23.0 Å². The summed E-state index contributed by atoms with van der Waals surface area (Å²) in [6, 6.07) is 12.0. The maximum atomic E-state index is 13.3. The largest absolute Gasteiger partial charge is 0.457 e. The van der Waals surface area contributed by atoms with Crippen LogP contribution in [0.4, 0.5) is 4.39 Å². The molecule has 0 aliphatic heterocycles. The summed E-state index contributed by atoms with van der Waals surface area (Å²) >= 11 is 0. The normalized spacial score (nSPS) is 13.8. The van der Waals surface area contributed by atoms with Crippen LogP contribution in [0, 0.1) is 5.82 Å². The summed E-state index contributed by atoms with van der Waals surface area (Å²) in [6.07, 6.45) is 0.305. The fourth-order valence-electron chi connectivity index (χ4n) is 2.17. The lowest BCUT2D eigenvalue weighted by Crippen LogP contribution is -1.97. The highest BCUT2D eigenvalue weighted by Gasteiger charge is 2.12. The summed E-state index contributed by atoms with van der Waals surface area (Å²) in [6.45, 7) is 5.93. The van der Waals surface area contributed by atoms with Crippen LogP contribution in [0.1, 0.15) is 50.3 Å². The van der Waals surface area contributed by atoms with Crippen LogP contribution < -0.4 is 4.74 Å². The number of hydrogen-bond acceptors (Lipinski definition) is 2. The van der Waals surface area contributed by atoms with E-state index in [0.717, 1.165) is 6.42 Å². The Hall–Kier alpha value is -1.87. The third-order valence-corrected chi connectivity index (χ3v) is 3.71. The molecule has 0 saturated carbocycles. The second kappa shape index (κ2) is 6.72. The van der Waals surface area contributed by atoms with Gasteiger partial charge in [-0.2, -0.15) is 0 Å². The third-order valence-electron chi connectivity index (χ3n) is 3.71. The van der Waals surface area contributed by atoms with Gasteiger partial charge < -0.3 is 9.84 Å². The number of aliphatic hydroxyl groups excluding tert-OH is 1. The number of halogens is 1. The molecule has 0 radical (unpaired) electrons. The molecule has 2 aromatic carbocycles. The van der Waals surface area contributed by atoms with Crippen LogP contribution in [0.25, 0.3) is 0 Å². The molecule has 2 atom stereocenters. The summed E-state index contributed by atoms with van der Waals surface area (Å²) in [5.41, 5.74) is 1.71. The first-order valence-electron chi connectivity index (χ1n) is 7.26.